The van der Waals surface area contributed by atoms with Crippen molar-refractivity contribution in [3.05, 3.63) is 0 Å². The Kier molecular flexibility index (Phi) is 6.51. The molecule has 3 heteroatoms. The lowest BCUT2D eigenvalue weighted by Gasteiger charge is -2.19. The first-order valence-corrected chi connectivity index (χ1v) is 4.22. The van der Waals surface area contributed by atoms with Gasteiger partial charge in [-0.15, -0.1) is 0 Å². The predicted molar refractivity (Wildman–Crippen MR) is 47.7 cm³/mol. The van der Waals surface area contributed by atoms with Crippen LogP contribution in [-0.4, -0.2) is 49.8 Å². The molecule has 0 amide bonds. The van der Waals surface area contributed by atoms with Gasteiger partial charge in [-0.2, -0.15) is 0 Å². The van der Waals surface area contributed by atoms with Crippen LogP contribution in [0, 0.1) is 0 Å². The summed E-state index contributed by atoms with van der Waals surface area (Å²) in [4.78, 5) is 2.13. The standard InChI is InChI=1S/C8H20N2O/c1-4-8(11)7-10(3)6-5-9-2/h8-9,11H,4-7H2,1-3H3. The maximum absolute atomic E-state index is 9.27. The molecule has 0 rings (SSSR count). The molecule has 0 aromatic heterocycles. The van der Waals surface area contributed by atoms with Crippen LogP contribution >= 0.6 is 0 Å². The molecule has 0 radical (unpaired) electrons. The van der Waals surface area contributed by atoms with Gasteiger partial charge in [-0.3, -0.25) is 0 Å². The van der Waals surface area contributed by atoms with Gasteiger partial charge in [0.25, 0.3) is 0 Å². The summed E-state index contributed by atoms with van der Waals surface area (Å²) in [6.07, 6.45) is 0.668. The fourth-order valence-corrected chi connectivity index (χ4v) is 0.883. The number of hydrogen-bond acceptors (Lipinski definition) is 3. The lowest BCUT2D eigenvalue weighted by atomic mass is 10.2. The summed E-state index contributed by atoms with van der Waals surface area (Å²) >= 11 is 0. The van der Waals surface area contributed by atoms with E-state index in [4.69, 9.17) is 0 Å². The van der Waals surface area contributed by atoms with Gasteiger partial charge < -0.3 is 15.3 Å². The molecule has 0 saturated heterocycles. The molecule has 0 fully saturated rings. The minimum absolute atomic E-state index is 0.170. The van der Waals surface area contributed by atoms with Crippen LogP contribution in [0.3, 0.4) is 0 Å². The van der Waals surface area contributed by atoms with Crippen LogP contribution in [0.25, 0.3) is 0 Å². The third kappa shape index (κ3) is 6.28. The Morgan fingerprint density at radius 1 is 1.55 bits per heavy atom. The predicted octanol–water partition coefficient (Wildman–Crippen LogP) is -0.0915. The van der Waals surface area contributed by atoms with Crippen molar-refractivity contribution >= 4 is 0 Å². The van der Waals surface area contributed by atoms with Crippen molar-refractivity contribution in [2.45, 2.75) is 19.4 Å². The molecule has 1 atom stereocenters. The van der Waals surface area contributed by atoms with E-state index < -0.39 is 0 Å². The quantitative estimate of drug-likeness (QED) is 0.570. The van der Waals surface area contributed by atoms with Crippen molar-refractivity contribution in [3.63, 3.8) is 0 Å². The minimum Gasteiger partial charge on any atom is -0.392 e. The van der Waals surface area contributed by atoms with Gasteiger partial charge in [0.2, 0.25) is 0 Å². The molecule has 0 aromatic rings. The second-order valence-corrected chi connectivity index (χ2v) is 2.93. The Bertz CT molecular complexity index is 88.2. The van der Waals surface area contributed by atoms with Gasteiger partial charge in [-0.05, 0) is 20.5 Å². The SMILES string of the molecule is CCC(O)CN(C)CCNC. The summed E-state index contributed by atoms with van der Waals surface area (Å²) in [5.74, 6) is 0. The van der Waals surface area contributed by atoms with Crippen molar-refractivity contribution < 1.29 is 5.11 Å². The zero-order valence-electron chi connectivity index (χ0n) is 7.80. The van der Waals surface area contributed by atoms with Crippen LogP contribution in [-0.2, 0) is 0 Å². The van der Waals surface area contributed by atoms with Crippen LogP contribution < -0.4 is 5.32 Å². The molecule has 3 nitrogen and oxygen atoms in total. The molecule has 0 spiro atoms. The first-order chi connectivity index (χ1) is 5.20. The third-order valence-electron chi connectivity index (χ3n) is 1.74. The molecule has 0 aliphatic heterocycles. The first-order valence-electron chi connectivity index (χ1n) is 4.22. The van der Waals surface area contributed by atoms with E-state index in [1.165, 1.54) is 0 Å². The van der Waals surface area contributed by atoms with Crippen molar-refractivity contribution in [1.82, 2.24) is 10.2 Å². The van der Waals surface area contributed by atoms with Crippen LogP contribution in [0.4, 0.5) is 0 Å². The Labute approximate surface area is 69.4 Å². The largest absolute Gasteiger partial charge is 0.392 e. The van der Waals surface area contributed by atoms with E-state index in [1.54, 1.807) is 0 Å². The molecule has 2 N–H and O–H groups in total. The number of aliphatic hydroxyl groups is 1. The summed E-state index contributed by atoms with van der Waals surface area (Å²) in [6, 6.07) is 0. The van der Waals surface area contributed by atoms with E-state index in [-0.39, 0.29) is 6.10 Å². The highest BCUT2D eigenvalue weighted by Crippen LogP contribution is 1.92. The molecule has 11 heavy (non-hydrogen) atoms. The summed E-state index contributed by atoms with van der Waals surface area (Å²) in [5, 5.41) is 12.3. The molecule has 0 saturated carbocycles. The summed E-state index contributed by atoms with van der Waals surface area (Å²) in [6.45, 7) is 4.75. The number of likely N-dealkylation sites (N-methyl/N-ethyl adjacent to an activating group) is 2. The number of nitrogens with zero attached hydrogens (tertiary/aromatic N) is 1. The molecule has 0 bridgehead atoms. The Morgan fingerprint density at radius 3 is 2.64 bits per heavy atom. The van der Waals surface area contributed by atoms with Crippen LogP contribution in [0.1, 0.15) is 13.3 Å². The molecule has 1 unspecified atom stereocenters. The lowest BCUT2D eigenvalue weighted by Crippen LogP contribution is -2.33. The number of aliphatic hydroxyl groups excluding tert-OH is 1. The lowest BCUT2D eigenvalue weighted by molar-refractivity contribution is 0.123. The summed E-state index contributed by atoms with van der Waals surface area (Å²) < 4.78 is 0. The third-order valence-corrected chi connectivity index (χ3v) is 1.74. The maximum Gasteiger partial charge on any atom is 0.0664 e. The van der Waals surface area contributed by atoms with E-state index in [1.807, 2.05) is 21.0 Å². The fraction of sp³-hybridized carbons (Fsp3) is 1.00. The average molecular weight is 160 g/mol. The van der Waals surface area contributed by atoms with Crippen molar-refractivity contribution in [1.29, 1.82) is 0 Å². The topological polar surface area (TPSA) is 35.5 Å². The van der Waals surface area contributed by atoms with E-state index >= 15 is 0 Å². The van der Waals surface area contributed by atoms with Crippen molar-refractivity contribution in [3.8, 4) is 0 Å². The average Bonchev–Trinajstić information content (AvgIpc) is 2.00. The summed E-state index contributed by atoms with van der Waals surface area (Å²) in [7, 11) is 3.96. The van der Waals surface area contributed by atoms with Crippen molar-refractivity contribution in [2.24, 2.45) is 0 Å². The monoisotopic (exact) mass is 160 g/mol. The smallest absolute Gasteiger partial charge is 0.0664 e. The second kappa shape index (κ2) is 6.58. The normalized spacial score (nSPS) is 13.9. The van der Waals surface area contributed by atoms with Gasteiger partial charge in [0, 0.05) is 19.6 Å². The molecule has 0 aliphatic rings. The number of hydrogen-bond donors (Lipinski definition) is 2. The van der Waals surface area contributed by atoms with Gasteiger partial charge in [-0.1, -0.05) is 6.92 Å². The second-order valence-electron chi connectivity index (χ2n) is 2.93. The Balaban J connectivity index is 3.27. The molecular formula is C8H20N2O. The maximum atomic E-state index is 9.27. The molecule has 0 heterocycles. The highest BCUT2D eigenvalue weighted by atomic mass is 16.3. The zero-order chi connectivity index (χ0) is 8.69. The minimum atomic E-state index is -0.170. The molecule has 68 valence electrons. The van der Waals surface area contributed by atoms with Gasteiger partial charge in [0.1, 0.15) is 0 Å². The van der Waals surface area contributed by atoms with E-state index in [0.29, 0.717) is 0 Å². The summed E-state index contributed by atoms with van der Waals surface area (Å²) in [5.41, 5.74) is 0. The van der Waals surface area contributed by atoms with Crippen molar-refractivity contribution in [2.75, 3.05) is 33.7 Å². The van der Waals surface area contributed by atoms with Crippen LogP contribution in [0.2, 0.25) is 0 Å². The van der Waals surface area contributed by atoms with Gasteiger partial charge in [-0.25, -0.2) is 0 Å². The van der Waals surface area contributed by atoms with Crippen LogP contribution in [0.5, 0.6) is 0 Å². The van der Waals surface area contributed by atoms with E-state index in [9.17, 15) is 5.11 Å². The van der Waals surface area contributed by atoms with Gasteiger partial charge in [0.05, 0.1) is 6.10 Å². The fourth-order valence-electron chi connectivity index (χ4n) is 0.883. The Morgan fingerprint density at radius 2 is 2.18 bits per heavy atom. The highest BCUT2D eigenvalue weighted by Gasteiger charge is 2.03. The number of rotatable bonds is 6. The first kappa shape index (κ1) is 10.9. The van der Waals surface area contributed by atoms with Gasteiger partial charge >= 0.3 is 0 Å². The van der Waals surface area contributed by atoms with Gasteiger partial charge in [0.15, 0.2) is 0 Å². The zero-order valence-corrected chi connectivity index (χ0v) is 7.80. The highest BCUT2D eigenvalue weighted by molar-refractivity contribution is 4.59. The Hall–Kier alpha value is -0.120. The van der Waals surface area contributed by atoms with E-state index in [0.717, 1.165) is 26.1 Å². The molecule has 0 aliphatic carbocycles. The van der Waals surface area contributed by atoms with Crippen LogP contribution in [0.15, 0.2) is 0 Å². The molecular weight excluding hydrogens is 140 g/mol. The number of nitrogens with one attached hydrogen (secondary N) is 1. The van der Waals surface area contributed by atoms with E-state index in [2.05, 4.69) is 10.2 Å². The molecule has 0 aromatic carbocycles.